The van der Waals surface area contributed by atoms with Gasteiger partial charge in [-0.05, 0) is 17.2 Å². The van der Waals surface area contributed by atoms with Crippen LogP contribution in [0.3, 0.4) is 0 Å². The Labute approximate surface area is 111 Å². The molecule has 0 unspecified atom stereocenters. The number of Topliss-reactive ketones (excluding diaryl/α,β-unsaturated/α-hetero) is 1. The summed E-state index contributed by atoms with van der Waals surface area (Å²) in [7, 11) is 0. The molecule has 0 bridgehead atoms. The van der Waals surface area contributed by atoms with Gasteiger partial charge in [-0.3, -0.25) is 4.79 Å². The van der Waals surface area contributed by atoms with Crippen LogP contribution in [0.25, 0.3) is 6.08 Å². The molecule has 0 amide bonds. The first-order valence-corrected chi connectivity index (χ1v) is 5.90. The number of furan rings is 1. The SMILES string of the molecule is CC(=O)/C(=C/c1cc(Cc2ccccc2)co1)N=N. The van der Waals surface area contributed by atoms with Gasteiger partial charge in [-0.15, -0.1) is 0 Å². The molecule has 96 valence electrons. The zero-order valence-electron chi connectivity index (χ0n) is 10.6. The van der Waals surface area contributed by atoms with Crippen LogP contribution in [0, 0.1) is 5.53 Å². The second-order valence-corrected chi connectivity index (χ2v) is 4.22. The predicted octanol–water partition coefficient (Wildman–Crippen LogP) is 3.83. The van der Waals surface area contributed by atoms with Crippen molar-refractivity contribution in [3.63, 3.8) is 0 Å². The van der Waals surface area contributed by atoms with Crippen molar-refractivity contribution in [2.45, 2.75) is 13.3 Å². The Balaban J connectivity index is 2.15. The van der Waals surface area contributed by atoms with Gasteiger partial charge in [0.05, 0.1) is 6.26 Å². The summed E-state index contributed by atoms with van der Waals surface area (Å²) >= 11 is 0. The molecule has 2 rings (SSSR count). The number of carbonyl (C=O) groups is 1. The van der Waals surface area contributed by atoms with Gasteiger partial charge >= 0.3 is 0 Å². The lowest BCUT2D eigenvalue weighted by atomic mass is 10.1. The van der Waals surface area contributed by atoms with E-state index in [1.165, 1.54) is 18.6 Å². The summed E-state index contributed by atoms with van der Waals surface area (Å²) in [4.78, 5) is 11.2. The Morgan fingerprint density at radius 1 is 1.32 bits per heavy atom. The summed E-state index contributed by atoms with van der Waals surface area (Å²) < 4.78 is 5.35. The molecule has 0 aliphatic heterocycles. The second kappa shape index (κ2) is 5.91. The Bertz CT molecular complexity index is 612. The van der Waals surface area contributed by atoms with Crippen LogP contribution in [-0.4, -0.2) is 5.78 Å². The summed E-state index contributed by atoms with van der Waals surface area (Å²) in [5, 5.41) is 3.18. The molecule has 2 aromatic rings. The van der Waals surface area contributed by atoms with E-state index in [1.54, 1.807) is 6.26 Å². The molecular weight excluding hydrogens is 240 g/mol. The van der Waals surface area contributed by atoms with Crippen LogP contribution in [0.4, 0.5) is 0 Å². The summed E-state index contributed by atoms with van der Waals surface area (Å²) in [6, 6.07) is 11.9. The third-order valence-corrected chi connectivity index (χ3v) is 2.69. The van der Waals surface area contributed by atoms with Crippen LogP contribution in [0.1, 0.15) is 23.8 Å². The maximum Gasteiger partial charge on any atom is 0.180 e. The second-order valence-electron chi connectivity index (χ2n) is 4.22. The van der Waals surface area contributed by atoms with Crippen molar-refractivity contribution in [1.29, 1.82) is 5.53 Å². The number of nitrogens with one attached hydrogen (secondary N) is 1. The smallest absolute Gasteiger partial charge is 0.180 e. The van der Waals surface area contributed by atoms with E-state index in [1.807, 2.05) is 36.4 Å². The van der Waals surface area contributed by atoms with Crippen LogP contribution in [0.5, 0.6) is 0 Å². The van der Waals surface area contributed by atoms with Gasteiger partial charge in [0.25, 0.3) is 0 Å². The fourth-order valence-corrected chi connectivity index (χ4v) is 1.74. The van der Waals surface area contributed by atoms with Crippen molar-refractivity contribution < 1.29 is 9.21 Å². The van der Waals surface area contributed by atoms with E-state index in [4.69, 9.17) is 9.95 Å². The number of hydrogen-bond acceptors (Lipinski definition) is 4. The van der Waals surface area contributed by atoms with Gasteiger partial charge in [-0.2, -0.15) is 5.11 Å². The number of rotatable bonds is 5. The van der Waals surface area contributed by atoms with Gasteiger partial charge in [0.2, 0.25) is 0 Å². The number of hydrogen-bond donors (Lipinski definition) is 1. The van der Waals surface area contributed by atoms with E-state index in [0.717, 1.165) is 12.0 Å². The molecule has 0 atom stereocenters. The highest BCUT2D eigenvalue weighted by atomic mass is 16.3. The van der Waals surface area contributed by atoms with Gasteiger partial charge in [0, 0.05) is 19.4 Å². The molecule has 4 nitrogen and oxygen atoms in total. The van der Waals surface area contributed by atoms with Crippen molar-refractivity contribution in [3.05, 3.63) is 65.2 Å². The van der Waals surface area contributed by atoms with E-state index in [0.29, 0.717) is 5.76 Å². The zero-order valence-corrected chi connectivity index (χ0v) is 10.6. The largest absolute Gasteiger partial charge is 0.465 e. The first-order chi connectivity index (χ1) is 9.19. The molecule has 19 heavy (non-hydrogen) atoms. The predicted molar refractivity (Wildman–Crippen MR) is 71.8 cm³/mol. The molecule has 0 spiro atoms. The lowest BCUT2D eigenvalue weighted by molar-refractivity contribution is -0.113. The molecule has 1 heterocycles. The normalized spacial score (nSPS) is 11.3. The topological polar surface area (TPSA) is 66.4 Å². The maximum absolute atomic E-state index is 11.2. The highest BCUT2D eigenvalue weighted by Crippen LogP contribution is 2.16. The lowest BCUT2D eigenvalue weighted by Gasteiger charge is -1.96. The summed E-state index contributed by atoms with van der Waals surface area (Å²) in [5.41, 5.74) is 9.21. The Hall–Kier alpha value is -2.49. The summed E-state index contributed by atoms with van der Waals surface area (Å²) in [6.45, 7) is 1.37. The fourth-order valence-electron chi connectivity index (χ4n) is 1.74. The van der Waals surface area contributed by atoms with Crippen LogP contribution in [0.15, 0.2) is 57.9 Å². The van der Waals surface area contributed by atoms with E-state index >= 15 is 0 Å². The van der Waals surface area contributed by atoms with Crippen molar-refractivity contribution in [2.75, 3.05) is 0 Å². The average Bonchev–Trinajstić information content (AvgIpc) is 2.84. The fraction of sp³-hybridized carbons (Fsp3) is 0.133. The average molecular weight is 254 g/mol. The zero-order chi connectivity index (χ0) is 13.7. The third kappa shape index (κ3) is 3.48. The van der Waals surface area contributed by atoms with Gasteiger partial charge in [-0.1, -0.05) is 30.3 Å². The third-order valence-electron chi connectivity index (χ3n) is 2.69. The van der Waals surface area contributed by atoms with Gasteiger partial charge < -0.3 is 4.42 Å². The molecule has 1 aromatic heterocycles. The first kappa shape index (κ1) is 13.0. The van der Waals surface area contributed by atoms with E-state index in [2.05, 4.69) is 5.11 Å². The molecule has 0 saturated heterocycles. The van der Waals surface area contributed by atoms with Crippen LogP contribution in [0.2, 0.25) is 0 Å². The monoisotopic (exact) mass is 254 g/mol. The lowest BCUT2D eigenvalue weighted by Crippen LogP contribution is -1.91. The molecular formula is C15H14N2O2. The molecule has 0 radical (unpaired) electrons. The van der Waals surface area contributed by atoms with E-state index < -0.39 is 0 Å². The minimum Gasteiger partial charge on any atom is -0.465 e. The number of nitrogens with zero attached hydrogens (tertiary/aromatic N) is 1. The Morgan fingerprint density at radius 3 is 2.68 bits per heavy atom. The summed E-state index contributed by atoms with van der Waals surface area (Å²) in [5.74, 6) is 0.281. The molecule has 1 N–H and O–H groups in total. The number of benzene rings is 1. The molecule has 0 aliphatic carbocycles. The first-order valence-electron chi connectivity index (χ1n) is 5.90. The number of allylic oxidation sites excluding steroid dienone is 1. The van der Waals surface area contributed by atoms with E-state index in [-0.39, 0.29) is 11.5 Å². The standard InChI is InChI=1S/C15H14N2O2/c1-11(18)15(17-16)9-14-8-13(10-19-14)7-12-5-3-2-4-6-12/h2-6,8-10,16H,7H2,1H3/b15-9-,17-16?. The van der Waals surface area contributed by atoms with Crippen LogP contribution in [-0.2, 0) is 11.2 Å². The highest BCUT2D eigenvalue weighted by Gasteiger charge is 2.05. The minimum absolute atomic E-state index is 0.0839. The minimum atomic E-state index is -0.254. The van der Waals surface area contributed by atoms with E-state index in [9.17, 15) is 4.79 Å². The molecule has 4 heteroatoms. The molecule has 1 aromatic carbocycles. The van der Waals surface area contributed by atoms with Crippen molar-refractivity contribution in [2.24, 2.45) is 5.11 Å². The number of carbonyl (C=O) groups excluding carboxylic acids is 1. The highest BCUT2D eigenvalue weighted by molar-refractivity contribution is 5.96. The maximum atomic E-state index is 11.2. The van der Waals surface area contributed by atoms with Crippen molar-refractivity contribution in [1.82, 2.24) is 0 Å². The van der Waals surface area contributed by atoms with Crippen LogP contribution < -0.4 is 0 Å². The Kier molecular flexibility index (Phi) is 4.03. The summed E-state index contributed by atoms with van der Waals surface area (Å²) in [6.07, 6.45) is 3.90. The molecule has 0 saturated carbocycles. The molecule has 0 fully saturated rings. The number of ketones is 1. The van der Waals surface area contributed by atoms with Gasteiger partial charge in [0.15, 0.2) is 5.78 Å². The van der Waals surface area contributed by atoms with Crippen LogP contribution >= 0.6 is 0 Å². The van der Waals surface area contributed by atoms with Gasteiger partial charge in [0.1, 0.15) is 11.5 Å². The Morgan fingerprint density at radius 2 is 2.05 bits per heavy atom. The van der Waals surface area contributed by atoms with Gasteiger partial charge in [-0.25, -0.2) is 5.53 Å². The quantitative estimate of drug-likeness (QED) is 0.650. The van der Waals surface area contributed by atoms with Crippen molar-refractivity contribution >= 4 is 11.9 Å². The molecule has 0 aliphatic rings. The van der Waals surface area contributed by atoms with Crippen molar-refractivity contribution in [3.8, 4) is 0 Å².